The summed E-state index contributed by atoms with van der Waals surface area (Å²) in [4.78, 5) is 0. The second-order valence-electron chi connectivity index (χ2n) is 12.7. The Morgan fingerprint density at radius 1 is 0.500 bits per heavy atom. The zero-order chi connectivity index (χ0) is 30.5. The Hall–Kier alpha value is -3.80. The van der Waals surface area contributed by atoms with Gasteiger partial charge in [0.2, 0.25) is 0 Å². The minimum atomic E-state index is -0.452. The van der Waals surface area contributed by atoms with Crippen LogP contribution >= 0.6 is 54.5 Å². The monoisotopic (exact) mass is 748 g/mol. The van der Waals surface area contributed by atoms with Crippen molar-refractivity contribution in [1.82, 2.24) is 0 Å². The molecule has 11 rings (SSSR count). The lowest BCUT2D eigenvalue weighted by atomic mass is 9.70. The van der Waals surface area contributed by atoms with Crippen LogP contribution in [0.15, 0.2) is 124 Å². The smallest absolute Gasteiger partial charge is 0.0727 e. The van der Waals surface area contributed by atoms with E-state index >= 15 is 0 Å². The van der Waals surface area contributed by atoms with Crippen LogP contribution in [0.25, 0.3) is 73.4 Å². The highest BCUT2D eigenvalue weighted by Gasteiger charge is 2.54. The van der Waals surface area contributed by atoms with Crippen molar-refractivity contribution in [2.24, 2.45) is 0 Å². The summed E-state index contributed by atoms with van der Waals surface area (Å²) in [6, 6.07) is 43.5. The van der Waals surface area contributed by atoms with Crippen LogP contribution < -0.4 is 0 Å². The lowest BCUT2D eigenvalue weighted by Gasteiger charge is -2.31. The number of halogens is 2. The molecule has 1 spiro atoms. The highest BCUT2D eigenvalue weighted by Crippen LogP contribution is 2.68. The van der Waals surface area contributed by atoms with Crippen molar-refractivity contribution in [3.63, 3.8) is 0 Å². The minimum Gasteiger partial charge on any atom is -0.134 e. The van der Waals surface area contributed by atoms with Gasteiger partial charge in [-0.2, -0.15) is 0 Å². The molecule has 2 heterocycles. The summed E-state index contributed by atoms with van der Waals surface area (Å²) in [5.74, 6) is 0. The van der Waals surface area contributed by atoms with E-state index in [1.54, 1.807) is 0 Å². The van der Waals surface area contributed by atoms with Crippen LogP contribution in [0.3, 0.4) is 0 Å². The predicted molar refractivity (Wildman–Crippen MR) is 206 cm³/mol. The summed E-state index contributed by atoms with van der Waals surface area (Å²) in [6.07, 6.45) is 0. The number of benzene rings is 7. The summed E-state index contributed by atoms with van der Waals surface area (Å²) in [5.41, 5.74) is 11.9. The number of hydrogen-bond donors (Lipinski definition) is 0. The first-order valence-corrected chi connectivity index (χ1v) is 18.7. The Labute approximate surface area is 290 Å². The SMILES string of the molecule is Cc1ccc2c(c1)-c1c(ccc3ccccc13)C21c2cc(Br)c3c(sc4ccccc43)c2-c2c1cc(Br)c1c2sc2ccccc21. The van der Waals surface area contributed by atoms with Gasteiger partial charge in [-0.1, -0.05) is 128 Å². The van der Waals surface area contributed by atoms with Crippen molar-refractivity contribution < 1.29 is 0 Å². The Kier molecular flexibility index (Phi) is 5.12. The first-order valence-electron chi connectivity index (χ1n) is 15.5. The number of fused-ring (bicyclic) bond motifs is 20. The van der Waals surface area contributed by atoms with Crippen molar-refractivity contribution in [3.05, 3.63) is 152 Å². The molecule has 216 valence electrons. The molecule has 0 atom stereocenters. The fraction of sp³-hybridized carbons (Fsp3) is 0.0476. The lowest BCUT2D eigenvalue weighted by molar-refractivity contribution is 0.794. The molecule has 0 N–H and O–H groups in total. The quantitative estimate of drug-likeness (QED) is 0.145. The zero-order valence-corrected chi connectivity index (χ0v) is 29.3. The number of aryl methyl sites for hydroxylation is 1. The number of thiophene rings is 2. The van der Waals surface area contributed by atoms with Crippen molar-refractivity contribution in [2.45, 2.75) is 12.3 Å². The van der Waals surface area contributed by atoms with E-state index in [4.69, 9.17) is 0 Å². The van der Waals surface area contributed by atoms with Crippen molar-refractivity contribution in [2.75, 3.05) is 0 Å². The largest absolute Gasteiger partial charge is 0.134 e. The Balaban J connectivity index is 1.44. The van der Waals surface area contributed by atoms with Gasteiger partial charge in [0, 0.05) is 60.4 Å². The van der Waals surface area contributed by atoms with Gasteiger partial charge < -0.3 is 0 Å². The summed E-state index contributed by atoms with van der Waals surface area (Å²) < 4.78 is 7.72. The Morgan fingerprint density at radius 2 is 1.04 bits per heavy atom. The second-order valence-corrected chi connectivity index (χ2v) is 16.5. The highest BCUT2D eigenvalue weighted by molar-refractivity contribution is 9.11. The molecule has 0 saturated carbocycles. The third kappa shape index (κ3) is 3.01. The minimum absolute atomic E-state index is 0.452. The van der Waals surface area contributed by atoms with Gasteiger partial charge in [0.25, 0.3) is 0 Å². The molecule has 46 heavy (non-hydrogen) atoms. The molecule has 2 aliphatic rings. The molecule has 4 heteroatoms. The maximum Gasteiger partial charge on any atom is 0.0727 e. The maximum absolute atomic E-state index is 4.15. The van der Waals surface area contributed by atoms with E-state index in [2.05, 4.69) is 154 Å². The first-order chi connectivity index (χ1) is 22.6. The van der Waals surface area contributed by atoms with E-state index in [9.17, 15) is 0 Å². The molecule has 9 aromatic rings. The van der Waals surface area contributed by atoms with E-state index < -0.39 is 5.41 Å². The zero-order valence-electron chi connectivity index (χ0n) is 24.5. The lowest BCUT2D eigenvalue weighted by Crippen LogP contribution is -2.26. The van der Waals surface area contributed by atoms with Gasteiger partial charge in [-0.3, -0.25) is 0 Å². The van der Waals surface area contributed by atoms with Crippen molar-refractivity contribution in [1.29, 1.82) is 0 Å². The van der Waals surface area contributed by atoms with E-state index in [1.165, 1.54) is 110 Å². The summed E-state index contributed by atoms with van der Waals surface area (Å²) >= 11 is 12.2. The molecule has 0 bridgehead atoms. The molecule has 2 aliphatic carbocycles. The van der Waals surface area contributed by atoms with Gasteiger partial charge in [-0.15, -0.1) is 22.7 Å². The normalized spacial score (nSPS) is 14.2. The van der Waals surface area contributed by atoms with Crippen LogP contribution in [0.4, 0.5) is 0 Å². The van der Waals surface area contributed by atoms with Crippen LogP contribution in [0.2, 0.25) is 0 Å². The van der Waals surface area contributed by atoms with Gasteiger partial charge in [0.05, 0.1) is 5.41 Å². The van der Waals surface area contributed by atoms with E-state index in [0.29, 0.717) is 0 Å². The van der Waals surface area contributed by atoms with Crippen molar-refractivity contribution >= 4 is 106 Å². The number of rotatable bonds is 0. The van der Waals surface area contributed by atoms with Crippen LogP contribution in [0.5, 0.6) is 0 Å². The van der Waals surface area contributed by atoms with Gasteiger partial charge in [-0.25, -0.2) is 0 Å². The van der Waals surface area contributed by atoms with Gasteiger partial charge in [0.1, 0.15) is 0 Å². The molecule has 0 nitrogen and oxygen atoms in total. The van der Waals surface area contributed by atoms with Crippen molar-refractivity contribution in [3.8, 4) is 22.3 Å². The standard InChI is InChI=1S/C42H22Br2S2/c1-21-14-16-27-26(18-21)35-23-9-3-2-8-22(23)15-17-28(35)42(27)29-19-31(43)36-24-10-4-6-12-33(24)45-40(36)38(29)39-30(42)20-32(44)37-25-11-5-7-13-34(25)46-41(37)39/h2-20H,1H3. The Morgan fingerprint density at radius 3 is 1.67 bits per heavy atom. The van der Waals surface area contributed by atoms with Crippen LogP contribution in [0, 0.1) is 6.92 Å². The third-order valence-corrected chi connectivity index (χ3v) is 14.1. The molecule has 0 amide bonds. The van der Waals surface area contributed by atoms with Crippen LogP contribution in [-0.4, -0.2) is 0 Å². The van der Waals surface area contributed by atoms with E-state index in [1.807, 2.05) is 22.7 Å². The summed E-state index contributed by atoms with van der Waals surface area (Å²) in [6.45, 7) is 2.22. The summed E-state index contributed by atoms with van der Waals surface area (Å²) in [7, 11) is 0. The van der Waals surface area contributed by atoms with Gasteiger partial charge >= 0.3 is 0 Å². The topological polar surface area (TPSA) is 0 Å². The predicted octanol–water partition coefficient (Wildman–Crippen LogP) is 13.8. The molecule has 0 unspecified atom stereocenters. The van der Waals surface area contributed by atoms with Gasteiger partial charge in [-0.05, 0) is 75.3 Å². The molecule has 0 fully saturated rings. The average Bonchev–Trinajstić information content (AvgIpc) is 3.80. The molecule has 7 aromatic carbocycles. The number of hydrogen-bond acceptors (Lipinski definition) is 2. The highest BCUT2D eigenvalue weighted by atomic mass is 79.9. The summed E-state index contributed by atoms with van der Waals surface area (Å²) in [5, 5.41) is 7.88. The second kappa shape index (κ2) is 8.96. The molecular weight excluding hydrogens is 728 g/mol. The van der Waals surface area contributed by atoms with Gasteiger partial charge in [0.15, 0.2) is 0 Å². The fourth-order valence-electron chi connectivity index (χ4n) is 8.73. The molecule has 0 saturated heterocycles. The average molecular weight is 751 g/mol. The van der Waals surface area contributed by atoms with E-state index in [0.717, 1.165) is 0 Å². The van der Waals surface area contributed by atoms with Crippen LogP contribution in [0.1, 0.15) is 27.8 Å². The third-order valence-electron chi connectivity index (χ3n) is 10.4. The fourth-order valence-corrected chi connectivity index (χ4v) is 12.8. The Bertz CT molecular complexity index is 2730. The first kappa shape index (κ1) is 26.3. The molecular formula is C42H22Br2S2. The molecule has 2 aromatic heterocycles. The maximum atomic E-state index is 4.15. The van der Waals surface area contributed by atoms with E-state index in [-0.39, 0.29) is 0 Å². The van der Waals surface area contributed by atoms with Crippen LogP contribution in [-0.2, 0) is 5.41 Å². The molecule has 0 radical (unpaired) electrons. The molecule has 0 aliphatic heterocycles.